The van der Waals surface area contributed by atoms with Crippen molar-refractivity contribution < 1.29 is 24.5 Å². The Morgan fingerprint density at radius 1 is 1.13 bits per heavy atom. The highest BCUT2D eigenvalue weighted by Crippen LogP contribution is 2.50. The van der Waals surface area contributed by atoms with Crippen molar-refractivity contribution >= 4 is 11.9 Å². The van der Waals surface area contributed by atoms with Crippen LogP contribution < -0.4 is 4.74 Å². The molecular weight excluding hydrogens is 394 g/mol. The van der Waals surface area contributed by atoms with Crippen molar-refractivity contribution in [2.75, 3.05) is 6.61 Å². The van der Waals surface area contributed by atoms with Gasteiger partial charge in [0.15, 0.2) is 0 Å². The molecule has 6 nitrogen and oxygen atoms in total. The molecule has 2 aromatic carbocycles. The molecule has 0 aromatic heterocycles. The van der Waals surface area contributed by atoms with Gasteiger partial charge in [0.05, 0.1) is 18.1 Å². The third-order valence-corrected chi connectivity index (χ3v) is 7.12. The van der Waals surface area contributed by atoms with Crippen molar-refractivity contribution in [1.29, 1.82) is 0 Å². The largest absolute Gasteiger partial charge is 0.488 e. The minimum Gasteiger partial charge on any atom is -0.488 e. The third kappa shape index (κ3) is 2.67. The van der Waals surface area contributed by atoms with Gasteiger partial charge in [-0.3, -0.25) is 4.79 Å². The Morgan fingerprint density at radius 3 is 2.55 bits per heavy atom. The van der Waals surface area contributed by atoms with Crippen LogP contribution in [-0.2, 0) is 9.59 Å². The lowest BCUT2D eigenvalue weighted by atomic mass is 9.78. The number of hydrogen-bond donors (Lipinski definition) is 2. The number of β-lactam (4-membered cyclic amide) rings is 1. The van der Waals surface area contributed by atoms with E-state index < -0.39 is 18.0 Å². The molecule has 1 amide bonds. The summed E-state index contributed by atoms with van der Waals surface area (Å²) in [6.45, 7) is 5.74. The summed E-state index contributed by atoms with van der Waals surface area (Å²) in [6, 6.07) is 13.9. The second-order valence-electron chi connectivity index (χ2n) is 8.75. The van der Waals surface area contributed by atoms with Crippen LogP contribution in [0.2, 0.25) is 0 Å². The number of aliphatic hydroxyl groups excluding tert-OH is 1. The number of fused-ring (bicyclic) bond motifs is 4. The van der Waals surface area contributed by atoms with Crippen molar-refractivity contribution in [2.24, 2.45) is 11.8 Å². The zero-order chi connectivity index (χ0) is 22.0. The van der Waals surface area contributed by atoms with E-state index in [1.807, 2.05) is 31.2 Å². The van der Waals surface area contributed by atoms with Crippen LogP contribution in [0.1, 0.15) is 37.8 Å². The Labute approximate surface area is 180 Å². The highest BCUT2D eigenvalue weighted by molar-refractivity contribution is 6.00. The first-order chi connectivity index (χ1) is 14.8. The molecule has 2 N–H and O–H groups in total. The van der Waals surface area contributed by atoms with E-state index in [0.29, 0.717) is 11.3 Å². The van der Waals surface area contributed by atoms with Gasteiger partial charge in [0.2, 0.25) is 5.91 Å². The molecule has 6 heteroatoms. The van der Waals surface area contributed by atoms with Gasteiger partial charge < -0.3 is 19.8 Å². The Hall–Kier alpha value is -3.12. The van der Waals surface area contributed by atoms with Gasteiger partial charge in [-0.15, -0.1) is 0 Å². The summed E-state index contributed by atoms with van der Waals surface area (Å²) in [5.74, 6) is -1.26. The maximum absolute atomic E-state index is 12.5. The Balaban J connectivity index is 1.48. The first kappa shape index (κ1) is 19.8. The standard InChI is InChI=1S/C25H25NO5/c1-12-15-7-4-5-8-17(15)21-16(12)9-6-10-19(21)31-11-18-13(2)22-20(14(3)27)24(28)26(22)23(18)25(29)30/h4-10,12-14,20,22,27H,11H2,1-3H3,(H,29,30). The number of ether oxygens (including phenoxy) is 1. The van der Waals surface area contributed by atoms with Gasteiger partial charge in [0, 0.05) is 23.0 Å². The fourth-order valence-corrected chi connectivity index (χ4v) is 5.58. The van der Waals surface area contributed by atoms with Crippen LogP contribution in [0.4, 0.5) is 0 Å². The van der Waals surface area contributed by atoms with E-state index in [9.17, 15) is 19.8 Å². The van der Waals surface area contributed by atoms with Gasteiger partial charge >= 0.3 is 5.97 Å². The predicted molar refractivity (Wildman–Crippen MR) is 115 cm³/mol. The molecule has 1 saturated heterocycles. The fraction of sp³-hybridized carbons (Fsp3) is 0.360. The van der Waals surface area contributed by atoms with Crippen LogP contribution in [-0.4, -0.2) is 45.7 Å². The molecule has 1 aliphatic carbocycles. The van der Waals surface area contributed by atoms with Crippen LogP contribution in [0.15, 0.2) is 53.7 Å². The van der Waals surface area contributed by atoms with Gasteiger partial charge in [-0.1, -0.05) is 50.2 Å². The predicted octanol–water partition coefficient (Wildman–Crippen LogP) is 3.39. The van der Waals surface area contributed by atoms with E-state index in [1.165, 1.54) is 16.0 Å². The molecule has 5 unspecified atom stereocenters. The summed E-state index contributed by atoms with van der Waals surface area (Å²) in [6.07, 6.45) is -0.818. The van der Waals surface area contributed by atoms with Crippen LogP contribution in [0.3, 0.4) is 0 Å². The normalized spacial score (nSPS) is 26.8. The summed E-state index contributed by atoms with van der Waals surface area (Å²) >= 11 is 0. The van der Waals surface area contributed by atoms with Crippen molar-refractivity contribution in [3.05, 3.63) is 64.9 Å². The zero-order valence-corrected chi connectivity index (χ0v) is 17.7. The number of carbonyl (C=O) groups is 2. The SMILES string of the molecule is CC1c2ccccc2-c2c(OCC3=C(C(=O)O)N4C(=O)C(C(C)O)C4C3C)cccc21. The number of benzene rings is 2. The number of carboxylic acids is 1. The van der Waals surface area contributed by atoms with Gasteiger partial charge in [-0.05, 0) is 29.7 Å². The highest BCUT2D eigenvalue weighted by Gasteiger charge is 2.59. The summed E-state index contributed by atoms with van der Waals surface area (Å²) in [4.78, 5) is 25.9. The van der Waals surface area contributed by atoms with Gasteiger partial charge in [0.1, 0.15) is 18.1 Å². The highest BCUT2D eigenvalue weighted by atomic mass is 16.5. The van der Waals surface area contributed by atoms with E-state index >= 15 is 0 Å². The number of carbonyl (C=O) groups excluding carboxylic acids is 1. The number of amides is 1. The summed E-state index contributed by atoms with van der Waals surface area (Å²) in [7, 11) is 0. The molecule has 1 fully saturated rings. The first-order valence-electron chi connectivity index (χ1n) is 10.6. The van der Waals surface area contributed by atoms with Crippen LogP contribution in [0.5, 0.6) is 5.75 Å². The van der Waals surface area contributed by atoms with Crippen molar-refractivity contribution in [2.45, 2.75) is 38.8 Å². The molecule has 2 heterocycles. The van der Waals surface area contributed by atoms with Crippen LogP contribution >= 0.6 is 0 Å². The molecule has 160 valence electrons. The molecule has 3 aliphatic rings. The monoisotopic (exact) mass is 419 g/mol. The minimum atomic E-state index is -1.14. The van der Waals surface area contributed by atoms with E-state index in [-0.39, 0.29) is 36.1 Å². The molecule has 5 rings (SSSR count). The molecule has 0 bridgehead atoms. The zero-order valence-electron chi connectivity index (χ0n) is 17.7. The molecule has 31 heavy (non-hydrogen) atoms. The second-order valence-corrected chi connectivity index (χ2v) is 8.75. The topological polar surface area (TPSA) is 87.1 Å². The second kappa shape index (κ2) is 6.95. The van der Waals surface area contributed by atoms with Crippen LogP contribution in [0, 0.1) is 11.8 Å². The molecule has 5 atom stereocenters. The van der Waals surface area contributed by atoms with Crippen LogP contribution in [0.25, 0.3) is 11.1 Å². The number of aliphatic hydroxyl groups is 1. The number of hydrogen-bond acceptors (Lipinski definition) is 4. The average molecular weight is 419 g/mol. The van der Waals surface area contributed by atoms with Crippen molar-refractivity contribution in [3.8, 4) is 16.9 Å². The first-order valence-corrected chi connectivity index (χ1v) is 10.6. The molecular formula is C25H25NO5. The Kier molecular flexibility index (Phi) is 4.45. The maximum atomic E-state index is 12.5. The average Bonchev–Trinajstić information content (AvgIpc) is 3.16. The Morgan fingerprint density at radius 2 is 1.84 bits per heavy atom. The Bertz CT molecular complexity index is 1130. The molecule has 0 saturated carbocycles. The number of carboxylic acid groups (broad SMARTS) is 1. The van der Waals surface area contributed by atoms with Crippen molar-refractivity contribution in [1.82, 2.24) is 4.90 Å². The van der Waals surface area contributed by atoms with Crippen molar-refractivity contribution in [3.63, 3.8) is 0 Å². The van der Waals surface area contributed by atoms with E-state index in [2.05, 4.69) is 25.1 Å². The minimum absolute atomic E-state index is 0.000690. The lowest BCUT2D eigenvalue weighted by molar-refractivity contribution is -0.163. The molecule has 2 aliphatic heterocycles. The lowest BCUT2D eigenvalue weighted by Crippen LogP contribution is -2.63. The van der Waals surface area contributed by atoms with Gasteiger partial charge in [-0.2, -0.15) is 0 Å². The van der Waals surface area contributed by atoms with Gasteiger partial charge in [0.25, 0.3) is 0 Å². The van der Waals surface area contributed by atoms with E-state index in [4.69, 9.17) is 4.74 Å². The molecule has 0 spiro atoms. The smallest absolute Gasteiger partial charge is 0.352 e. The maximum Gasteiger partial charge on any atom is 0.352 e. The summed E-state index contributed by atoms with van der Waals surface area (Å²) < 4.78 is 6.22. The summed E-state index contributed by atoms with van der Waals surface area (Å²) in [5.41, 5.74) is 5.23. The number of rotatable bonds is 5. The fourth-order valence-electron chi connectivity index (χ4n) is 5.58. The van der Waals surface area contributed by atoms with Gasteiger partial charge in [-0.25, -0.2) is 4.79 Å². The number of aliphatic carboxylic acids is 1. The van der Waals surface area contributed by atoms with E-state index in [1.54, 1.807) is 6.92 Å². The molecule has 0 radical (unpaired) electrons. The van der Waals surface area contributed by atoms with E-state index in [0.717, 1.165) is 11.1 Å². The quantitative estimate of drug-likeness (QED) is 0.726. The summed E-state index contributed by atoms with van der Waals surface area (Å²) in [5, 5.41) is 19.8. The third-order valence-electron chi connectivity index (χ3n) is 7.12. The number of nitrogens with zero attached hydrogens (tertiary/aromatic N) is 1. The molecule has 2 aromatic rings. The lowest BCUT2D eigenvalue weighted by Gasteiger charge is -2.46.